The van der Waals surface area contributed by atoms with Crippen LogP contribution in [-0.2, 0) is 4.79 Å². The molecule has 0 aliphatic carbocycles. The van der Waals surface area contributed by atoms with Crippen molar-refractivity contribution in [3.63, 3.8) is 0 Å². The monoisotopic (exact) mass is 294 g/mol. The number of aliphatic hydroxyl groups is 1. The first-order valence-electron chi connectivity index (χ1n) is 7.13. The van der Waals surface area contributed by atoms with Crippen LogP contribution in [-0.4, -0.2) is 43.3 Å². The van der Waals surface area contributed by atoms with Gasteiger partial charge in [0, 0.05) is 31.1 Å². The summed E-state index contributed by atoms with van der Waals surface area (Å²) in [6, 6.07) is 5.91. The summed E-state index contributed by atoms with van der Waals surface area (Å²) in [6.07, 6.45) is 0.757. The van der Waals surface area contributed by atoms with E-state index in [4.69, 9.17) is 16.6 Å². The maximum Gasteiger partial charge on any atom is 0.240 e. The van der Waals surface area contributed by atoms with Crippen molar-refractivity contribution >= 4 is 17.3 Å². The Morgan fingerprint density at radius 3 is 2.67 bits per heavy atom. The van der Waals surface area contributed by atoms with Gasteiger partial charge in [0.2, 0.25) is 5.91 Å². The zero-order chi connectivity index (χ0) is 16.0. The van der Waals surface area contributed by atoms with Crippen molar-refractivity contribution in [3.05, 3.63) is 23.8 Å². The smallest absolute Gasteiger partial charge is 0.240 e. The van der Waals surface area contributed by atoms with E-state index < -0.39 is 0 Å². The molecule has 118 valence electrons. The summed E-state index contributed by atoms with van der Waals surface area (Å²) in [4.78, 5) is 13.7. The molecule has 1 fully saturated rings. The van der Waals surface area contributed by atoms with Gasteiger partial charge in [-0.3, -0.25) is 4.79 Å². The van der Waals surface area contributed by atoms with Crippen molar-refractivity contribution in [3.8, 4) is 0 Å². The highest BCUT2D eigenvalue weighted by atomic mass is 16.2. The molecule has 1 aromatic carbocycles. The van der Waals surface area contributed by atoms with Crippen molar-refractivity contribution in [1.82, 2.24) is 5.32 Å². The van der Waals surface area contributed by atoms with Crippen LogP contribution < -0.4 is 21.7 Å². The fourth-order valence-electron chi connectivity index (χ4n) is 2.67. The Morgan fingerprint density at radius 1 is 1.48 bits per heavy atom. The third kappa shape index (κ3) is 4.09. The van der Waals surface area contributed by atoms with E-state index in [1.54, 1.807) is 0 Å². The number of amides is 1. The number of benzene rings is 1. The first kappa shape index (κ1) is 17.3. The first-order valence-corrected chi connectivity index (χ1v) is 7.13. The summed E-state index contributed by atoms with van der Waals surface area (Å²) >= 11 is 0. The number of rotatable bonds is 4. The predicted molar refractivity (Wildman–Crippen MR) is 86.1 cm³/mol. The topological polar surface area (TPSA) is 105 Å². The number of carbonyl (C=O) groups excluding carboxylic acids is 1. The fraction of sp³-hybridized carbons (Fsp3) is 0.533. The molecule has 21 heavy (non-hydrogen) atoms. The van der Waals surface area contributed by atoms with E-state index in [0.717, 1.165) is 43.6 Å². The van der Waals surface area contributed by atoms with Crippen LogP contribution in [0, 0.1) is 6.92 Å². The van der Waals surface area contributed by atoms with Crippen molar-refractivity contribution in [2.45, 2.75) is 32.4 Å². The molecule has 0 radical (unpaired) electrons. The summed E-state index contributed by atoms with van der Waals surface area (Å²) in [5.41, 5.74) is 14.1. The van der Waals surface area contributed by atoms with Crippen molar-refractivity contribution in [1.29, 1.82) is 0 Å². The van der Waals surface area contributed by atoms with Crippen LogP contribution in [0.2, 0.25) is 0 Å². The van der Waals surface area contributed by atoms with E-state index in [1.807, 2.05) is 25.1 Å². The molecule has 2 atom stereocenters. The minimum Gasteiger partial charge on any atom is -0.400 e. The zero-order valence-corrected chi connectivity index (χ0v) is 13.0. The third-order valence-corrected chi connectivity index (χ3v) is 3.71. The lowest BCUT2D eigenvalue weighted by Gasteiger charge is -2.25. The Morgan fingerprint density at radius 2 is 2.14 bits per heavy atom. The molecule has 1 amide bonds. The second-order valence-corrected chi connectivity index (χ2v) is 5.10. The summed E-state index contributed by atoms with van der Waals surface area (Å²) < 4.78 is 0. The first-order chi connectivity index (χ1) is 10.0. The normalized spacial score (nSPS) is 20.9. The van der Waals surface area contributed by atoms with Gasteiger partial charge in [-0.2, -0.15) is 0 Å². The number of aryl methyl sites for hydroxylation is 1. The molecule has 0 bridgehead atoms. The third-order valence-electron chi connectivity index (χ3n) is 3.71. The van der Waals surface area contributed by atoms with E-state index in [1.165, 1.54) is 0 Å². The van der Waals surface area contributed by atoms with Crippen LogP contribution in [0.1, 0.15) is 18.9 Å². The molecule has 1 heterocycles. The molecule has 6 heteroatoms. The Balaban J connectivity index is 0.00000106. The molecular formula is C15H26N4O2. The molecule has 0 aromatic heterocycles. The number of nitrogen functional groups attached to an aromatic ring is 1. The van der Waals surface area contributed by atoms with Gasteiger partial charge >= 0.3 is 0 Å². The van der Waals surface area contributed by atoms with Gasteiger partial charge in [0.15, 0.2) is 0 Å². The molecule has 2 rings (SSSR count). The van der Waals surface area contributed by atoms with Gasteiger partial charge in [-0.25, -0.2) is 0 Å². The van der Waals surface area contributed by atoms with Crippen molar-refractivity contribution in [2.24, 2.45) is 5.73 Å². The molecule has 6 N–H and O–H groups in total. The number of nitrogens with two attached hydrogens (primary N) is 2. The highest BCUT2D eigenvalue weighted by molar-refractivity contribution is 5.84. The van der Waals surface area contributed by atoms with E-state index in [0.29, 0.717) is 6.04 Å². The molecule has 1 aromatic rings. The standard InChI is InChI=1S/C14H22N4O.CH4O/c1-3-17-10-7-13(14(16)19)18(8-10)11-4-5-12(15)9(2)6-11;1-2/h4-6,10,13,17H,3,7-8,15H2,1-2H3,(H2,16,19);2H,1H3. The van der Waals surface area contributed by atoms with Crippen molar-refractivity contribution < 1.29 is 9.90 Å². The molecule has 1 saturated heterocycles. The van der Waals surface area contributed by atoms with Gasteiger partial charge < -0.3 is 26.8 Å². The number of likely N-dealkylation sites (N-methyl/N-ethyl adjacent to an activating group) is 1. The fourth-order valence-corrected chi connectivity index (χ4v) is 2.67. The molecule has 2 unspecified atom stereocenters. The summed E-state index contributed by atoms with van der Waals surface area (Å²) in [6.45, 7) is 5.72. The number of hydrogen-bond donors (Lipinski definition) is 4. The molecule has 1 aliphatic heterocycles. The van der Waals surface area contributed by atoms with Crippen molar-refractivity contribution in [2.75, 3.05) is 30.8 Å². The second-order valence-electron chi connectivity index (χ2n) is 5.10. The molecular weight excluding hydrogens is 268 g/mol. The van der Waals surface area contributed by atoms with Gasteiger partial charge in [0.25, 0.3) is 0 Å². The summed E-state index contributed by atoms with van der Waals surface area (Å²) in [7, 11) is 1.00. The number of anilines is 2. The lowest BCUT2D eigenvalue weighted by molar-refractivity contribution is -0.119. The van der Waals surface area contributed by atoms with Gasteiger partial charge in [-0.15, -0.1) is 0 Å². The predicted octanol–water partition coefficient (Wildman–Crippen LogP) is 0.228. The Kier molecular flexibility index (Phi) is 6.45. The van der Waals surface area contributed by atoms with Crippen LogP contribution >= 0.6 is 0 Å². The lowest BCUT2D eigenvalue weighted by Crippen LogP contribution is -2.40. The van der Waals surface area contributed by atoms with E-state index in [-0.39, 0.29) is 11.9 Å². The molecule has 6 nitrogen and oxygen atoms in total. The number of nitrogens with one attached hydrogen (secondary N) is 1. The summed E-state index contributed by atoms with van der Waals surface area (Å²) in [5, 5.41) is 10.4. The highest BCUT2D eigenvalue weighted by Crippen LogP contribution is 2.28. The van der Waals surface area contributed by atoms with Gasteiger partial charge in [-0.05, 0) is 43.7 Å². The Bertz CT molecular complexity index is 479. The average molecular weight is 294 g/mol. The van der Waals surface area contributed by atoms with Gasteiger partial charge in [0.05, 0.1) is 0 Å². The van der Waals surface area contributed by atoms with E-state index in [2.05, 4.69) is 17.1 Å². The summed E-state index contributed by atoms with van der Waals surface area (Å²) in [5.74, 6) is -0.269. The van der Waals surface area contributed by atoms with E-state index in [9.17, 15) is 4.79 Å². The number of hydrogen-bond acceptors (Lipinski definition) is 5. The Labute approximate surface area is 126 Å². The number of carbonyl (C=O) groups is 1. The minimum absolute atomic E-state index is 0.243. The van der Waals surface area contributed by atoms with Crippen LogP contribution in [0.5, 0.6) is 0 Å². The minimum atomic E-state index is -0.269. The zero-order valence-electron chi connectivity index (χ0n) is 13.0. The highest BCUT2D eigenvalue weighted by Gasteiger charge is 2.35. The number of nitrogens with zero attached hydrogens (tertiary/aromatic N) is 1. The van der Waals surface area contributed by atoms with Crippen LogP contribution in [0.4, 0.5) is 11.4 Å². The second kappa shape index (κ2) is 7.85. The molecule has 0 saturated carbocycles. The van der Waals surface area contributed by atoms with E-state index >= 15 is 0 Å². The largest absolute Gasteiger partial charge is 0.400 e. The van der Waals surface area contributed by atoms with Gasteiger partial charge in [-0.1, -0.05) is 6.92 Å². The number of primary amides is 1. The van der Waals surface area contributed by atoms with Crippen LogP contribution in [0.15, 0.2) is 18.2 Å². The molecule has 1 aliphatic rings. The van der Waals surface area contributed by atoms with Gasteiger partial charge in [0.1, 0.15) is 6.04 Å². The number of aliphatic hydroxyl groups excluding tert-OH is 1. The average Bonchev–Trinajstić information content (AvgIpc) is 2.89. The van der Waals surface area contributed by atoms with Crippen LogP contribution in [0.3, 0.4) is 0 Å². The Hall–Kier alpha value is -1.79. The maximum absolute atomic E-state index is 11.6. The SMILES string of the molecule is CCNC1CC(C(N)=O)N(c2ccc(N)c(C)c2)C1.CO. The maximum atomic E-state index is 11.6. The van der Waals surface area contributed by atoms with Crippen LogP contribution in [0.25, 0.3) is 0 Å². The lowest BCUT2D eigenvalue weighted by atomic mass is 10.1. The quantitative estimate of drug-likeness (QED) is 0.595. The molecule has 0 spiro atoms.